The molecule has 1 aromatic rings. The van der Waals surface area contributed by atoms with E-state index in [4.69, 9.17) is 4.98 Å². The molecule has 1 aliphatic rings. The zero-order valence-corrected chi connectivity index (χ0v) is 11.2. The highest BCUT2D eigenvalue weighted by atomic mass is 32.1. The van der Waals surface area contributed by atoms with Crippen molar-refractivity contribution in [2.45, 2.75) is 57.9 Å². The summed E-state index contributed by atoms with van der Waals surface area (Å²) >= 11 is 1.94. The van der Waals surface area contributed by atoms with E-state index in [0.717, 1.165) is 0 Å². The summed E-state index contributed by atoms with van der Waals surface area (Å²) in [6.45, 7) is 2.25. The first kappa shape index (κ1) is 12.1. The molecule has 90 valence electrons. The van der Waals surface area contributed by atoms with E-state index < -0.39 is 0 Å². The van der Waals surface area contributed by atoms with E-state index in [9.17, 15) is 0 Å². The first-order valence-corrected chi connectivity index (χ1v) is 7.32. The molecule has 0 saturated carbocycles. The molecule has 0 radical (unpaired) electrons. The molecular formula is C13H22N2S. The minimum atomic E-state index is 0.482. The van der Waals surface area contributed by atoms with Gasteiger partial charge in [0, 0.05) is 4.88 Å². The number of thiazole rings is 1. The predicted molar refractivity (Wildman–Crippen MR) is 70.1 cm³/mol. The van der Waals surface area contributed by atoms with Gasteiger partial charge in [0.05, 0.1) is 11.7 Å². The number of fused-ring (bicyclic) bond motifs is 1. The molecule has 2 rings (SSSR count). The lowest BCUT2D eigenvalue weighted by molar-refractivity contribution is 0.519. The second-order valence-corrected chi connectivity index (χ2v) is 5.73. The number of aryl methyl sites for hydroxylation is 2. The van der Waals surface area contributed by atoms with Crippen LogP contribution in [0, 0.1) is 0 Å². The van der Waals surface area contributed by atoms with Crippen molar-refractivity contribution in [3.63, 3.8) is 0 Å². The largest absolute Gasteiger partial charge is 0.311 e. The topological polar surface area (TPSA) is 24.9 Å². The Balaban J connectivity index is 2.09. The van der Waals surface area contributed by atoms with E-state index >= 15 is 0 Å². The van der Waals surface area contributed by atoms with Crippen LogP contribution in [0.1, 0.15) is 60.6 Å². The van der Waals surface area contributed by atoms with Crippen LogP contribution >= 0.6 is 11.3 Å². The summed E-state index contributed by atoms with van der Waals surface area (Å²) < 4.78 is 0. The summed E-state index contributed by atoms with van der Waals surface area (Å²) in [7, 11) is 2.06. The number of unbranched alkanes of at least 4 members (excludes halogenated alkanes) is 1. The molecule has 1 unspecified atom stereocenters. The highest BCUT2D eigenvalue weighted by molar-refractivity contribution is 7.11. The fourth-order valence-corrected chi connectivity index (χ4v) is 3.62. The van der Waals surface area contributed by atoms with Crippen molar-refractivity contribution in [1.82, 2.24) is 10.3 Å². The van der Waals surface area contributed by atoms with E-state index in [1.54, 1.807) is 4.88 Å². The van der Waals surface area contributed by atoms with Gasteiger partial charge < -0.3 is 5.32 Å². The highest BCUT2D eigenvalue weighted by Gasteiger charge is 2.19. The zero-order valence-electron chi connectivity index (χ0n) is 10.4. The number of rotatable bonds is 5. The third kappa shape index (κ3) is 2.64. The summed E-state index contributed by atoms with van der Waals surface area (Å²) in [5.74, 6) is 0. The lowest BCUT2D eigenvalue weighted by atomic mass is 10.0. The smallest absolute Gasteiger partial charge is 0.110 e. The highest BCUT2D eigenvalue weighted by Crippen LogP contribution is 2.31. The fourth-order valence-electron chi connectivity index (χ4n) is 2.32. The molecule has 1 aromatic heterocycles. The predicted octanol–water partition coefficient (Wildman–Crippen LogP) is 3.47. The molecule has 0 aromatic carbocycles. The van der Waals surface area contributed by atoms with Gasteiger partial charge in [-0.25, -0.2) is 4.98 Å². The molecule has 0 fully saturated rings. The average molecular weight is 238 g/mol. The maximum Gasteiger partial charge on any atom is 0.110 e. The summed E-state index contributed by atoms with van der Waals surface area (Å²) in [6, 6.07) is 0.482. The minimum absolute atomic E-state index is 0.482. The van der Waals surface area contributed by atoms with E-state index in [2.05, 4.69) is 19.3 Å². The van der Waals surface area contributed by atoms with Crippen LogP contribution in [0.4, 0.5) is 0 Å². The Kier molecular flexibility index (Phi) is 4.36. The second kappa shape index (κ2) is 5.78. The van der Waals surface area contributed by atoms with E-state index in [0.29, 0.717) is 6.04 Å². The quantitative estimate of drug-likeness (QED) is 0.849. The van der Waals surface area contributed by atoms with Crippen molar-refractivity contribution in [2.75, 3.05) is 7.05 Å². The van der Waals surface area contributed by atoms with Gasteiger partial charge in [-0.15, -0.1) is 11.3 Å². The minimum Gasteiger partial charge on any atom is -0.311 e. The molecule has 1 heterocycles. The average Bonchev–Trinajstić information content (AvgIpc) is 2.73. The molecule has 0 saturated heterocycles. The van der Waals surface area contributed by atoms with E-state index in [1.165, 1.54) is 55.6 Å². The number of hydrogen-bond donors (Lipinski definition) is 1. The van der Waals surface area contributed by atoms with Crippen LogP contribution in [0.25, 0.3) is 0 Å². The molecule has 1 N–H and O–H groups in total. The Hall–Kier alpha value is -0.410. The van der Waals surface area contributed by atoms with Crippen LogP contribution in [0.5, 0.6) is 0 Å². The van der Waals surface area contributed by atoms with Gasteiger partial charge in [0.25, 0.3) is 0 Å². The van der Waals surface area contributed by atoms with Crippen molar-refractivity contribution in [2.24, 2.45) is 0 Å². The Labute approximate surface area is 102 Å². The van der Waals surface area contributed by atoms with Crippen molar-refractivity contribution in [3.05, 3.63) is 15.6 Å². The molecule has 16 heavy (non-hydrogen) atoms. The van der Waals surface area contributed by atoms with Gasteiger partial charge in [-0.3, -0.25) is 0 Å². The number of aromatic nitrogens is 1. The molecule has 1 atom stereocenters. The first-order chi connectivity index (χ1) is 7.85. The van der Waals surface area contributed by atoms with Crippen LogP contribution in [0.2, 0.25) is 0 Å². The van der Waals surface area contributed by atoms with E-state index in [1.807, 2.05) is 11.3 Å². The van der Waals surface area contributed by atoms with Gasteiger partial charge in [-0.1, -0.05) is 19.8 Å². The Morgan fingerprint density at radius 1 is 1.38 bits per heavy atom. The second-order valence-electron chi connectivity index (χ2n) is 4.61. The van der Waals surface area contributed by atoms with Crippen LogP contribution in [-0.2, 0) is 12.8 Å². The monoisotopic (exact) mass is 238 g/mol. The third-order valence-corrected chi connectivity index (χ3v) is 4.63. The molecule has 0 bridgehead atoms. The Morgan fingerprint density at radius 2 is 2.19 bits per heavy atom. The maximum atomic E-state index is 4.83. The van der Waals surface area contributed by atoms with Crippen molar-refractivity contribution in [3.8, 4) is 0 Å². The molecule has 2 nitrogen and oxygen atoms in total. The van der Waals surface area contributed by atoms with Crippen LogP contribution in [0.3, 0.4) is 0 Å². The van der Waals surface area contributed by atoms with Crippen molar-refractivity contribution < 1.29 is 0 Å². The summed E-state index contributed by atoms with van der Waals surface area (Å²) in [5, 5.41) is 4.73. The fraction of sp³-hybridized carbons (Fsp3) is 0.769. The number of nitrogens with zero attached hydrogens (tertiary/aromatic N) is 1. The van der Waals surface area contributed by atoms with Gasteiger partial charge in [0.15, 0.2) is 0 Å². The summed E-state index contributed by atoms with van der Waals surface area (Å²) in [6.07, 6.45) is 8.93. The Bertz CT molecular complexity index is 309. The molecule has 0 spiro atoms. The summed E-state index contributed by atoms with van der Waals surface area (Å²) in [4.78, 5) is 6.38. The maximum absolute atomic E-state index is 4.83. The molecule has 1 aliphatic carbocycles. The normalized spacial score (nSPS) is 17.1. The first-order valence-electron chi connectivity index (χ1n) is 6.51. The molecule has 0 aliphatic heterocycles. The van der Waals surface area contributed by atoms with Crippen molar-refractivity contribution >= 4 is 11.3 Å². The lowest BCUT2D eigenvalue weighted by Gasteiger charge is -2.12. The van der Waals surface area contributed by atoms with Crippen molar-refractivity contribution in [1.29, 1.82) is 0 Å². The Morgan fingerprint density at radius 3 is 2.88 bits per heavy atom. The van der Waals surface area contributed by atoms with E-state index in [-0.39, 0.29) is 0 Å². The SMILES string of the molecule is CCCCC(NC)c1nc2c(s1)CCCC2. The van der Waals surface area contributed by atoms with Crippen LogP contribution in [0.15, 0.2) is 0 Å². The lowest BCUT2D eigenvalue weighted by Crippen LogP contribution is -2.16. The third-order valence-electron chi connectivity index (χ3n) is 3.36. The van der Waals surface area contributed by atoms with Crippen LogP contribution < -0.4 is 5.32 Å². The van der Waals surface area contributed by atoms with Gasteiger partial charge in [-0.05, 0) is 39.2 Å². The van der Waals surface area contributed by atoms with Gasteiger partial charge in [0.2, 0.25) is 0 Å². The van der Waals surface area contributed by atoms with Gasteiger partial charge in [-0.2, -0.15) is 0 Å². The number of nitrogens with one attached hydrogen (secondary N) is 1. The number of hydrogen-bond acceptors (Lipinski definition) is 3. The standard InChI is InChI=1S/C13H22N2S/c1-3-4-7-11(14-2)13-15-10-8-5-6-9-12(10)16-13/h11,14H,3-9H2,1-2H3. The molecular weight excluding hydrogens is 216 g/mol. The summed E-state index contributed by atoms with van der Waals surface area (Å²) in [5.41, 5.74) is 1.39. The van der Waals surface area contributed by atoms with Crippen LogP contribution in [-0.4, -0.2) is 12.0 Å². The zero-order chi connectivity index (χ0) is 11.4. The van der Waals surface area contributed by atoms with Gasteiger partial charge in [0.1, 0.15) is 5.01 Å². The van der Waals surface area contributed by atoms with Gasteiger partial charge >= 0.3 is 0 Å². The molecule has 0 amide bonds. The molecule has 3 heteroatoms.